The molecule has 9 heteroatoms. The molecule has 2 amide bonds. The van der Waals surface area contributed by atoms with Crippen molar-refractivity contribution in [2.75, 3.05) is 13.1 Å². The number of fused-ring (bicyclic) bond motifs is 4. The maximum atomic E-state index is 13.8. The molecule has 4 aromatic rings. The maximum Gasteiger partial charge on any atom is 0.269 e. The predicted molar refractivity (Wildman–Crippen MR) is 136 cm³/mol. The number of aliphatic hydroxyl groups is 1. The number of carbonyl (C=O) groups is 2. The predicted octanol–water partition coefficient (Wildman–Crippen LogP) is 3.49. The summed E-state index contributed by atoms with van der Waals surface area (Å²) in [6, 6.07) is 21.5. The van der Waals surface area contributed by atoms with E-state index in [1.54, 1.807) is 29.2 Å². The maximum absolute atomic E-state index is 13.8. The molecular formula is C28H24N4O5. The number of nitrogens with zero attached hydrogens (tertiary/aromatic N) is 3. The highest BCUT2D eigenvalue weighted by atomic mass is 16.6. The number of nitrogens with one attached hydrogen (secondary N) is 1. The zero-order valence-corrected chi connectivity index (χ0v) is 19.8. The smallest absolute Gasteiger partial charge is 0.269 e. The van der Waals surface area contributed by atoms with Crippen molar-refractivity contribution in [2.45, 2.75) is 24.6 Å². The van der Waals surface area contributed by atoms with Crippen LogP contribution in [-0.2, 0) is 16.0 Å². The van der Waals surface area contributed by atoms with Crippen molar-refractivity contribution < 1.29 is 19.6 Å². The van der Waals surface area contributed by atoms with Gasteiger partial charge in [0, 0.05) is 35.2 Å². The number of nitro benzene ring substituents is 1. The molecule has 3 aromatic carbocycles. The molecule has 1 saturated heterocycles. The van der Waals surface area contributed by atoms with Gasteiger partial charge in [-0.25, -0.2) is 0 Å². The lowest BCUT2D eigenvalue weighted by atomic mass is 9.86. The second kappa shape index (κ2) is 8.86. The van der Waals surface area contributed by atoms with Gasteiger partial charge in [-0.2, -0.15) is 0 Å². The van der Waals surface area contributed by atoms with Crippen LogP contribution in [0.15, 0.2) is 78.9 Å². The third kappa shape index (κ3) is 3.84. The summed E-state index contributed by atoms with van der Waals surface area (Å²) in [6.45, 7) is -0.179. The number of hydrogen-bond acceptors (Lipinski definition) is 5. The van der Waals surface area contributed by atoms with Crippen molar-refractivity contribution in [3.63, 3.8) is 0 Å². The number of carbonyl (C=O) groups excluding carboxylic acids is 2. The van der Waals surface area contributed by atoms with Gasteiger partial charge in [0.25, 0.3) is 5.69 Å². The Kier molecular flexibility index (Phi) is 5.49. The number of aromatic amines is 1. The van der Waals surface area contributed by atoms with Crippen molar-refractivity contribution in [1.29, 1.82) is 0 Å². The van der Waals surface area contributed by atoms with E-state index >= 15 is 0 Å². The fourth-order valence-electron chi connectivity index (χ4n) is 5.62. The molecule has 186 valence electrons. The van der Waals surface area contributed by atoms with Gasteiger partial charge in [0.2, 0.25) is 11.8 Å². The van der Waals surface area contributed by atoms with E-state index < -0.39 is 23.1 Å². The number of nitro groups is 1. The summed E-state index contributed by atoms with van der Waals surface area (Å²) in [5.74, 6) is -0.522. The minimum Gasteiger partial charge on any atom is -0.387 e. The Bertz CT molecular complexity index is 1530. The minimum atomic E-state index is -0.927. The number of hydrogen-bond donors (Lipinski definition) is 2. The molecule has 0 spiro atoms. The summed E-state index contributed by atoms with van der Waals surface area (Å²) in [6.07, 6.45) is -0.614. The highest BCUT2D eigenvalue weighted by Crippen LogP contribution is 2.43. The third-order valence-corrected chi connectivity index (χ3v) is 7.32. The minimum absolute atomic E-state index is 0.00113. The third-order valence-electron chi connectivity index (χ3n) is 7.32. The number of H-pyrrole nitrogens is 1. The fraction of sp³-hybridized carbons (Fsp3) is 0.214. The number of amides is 2. The molecular weight excluding hydrogens is 472 g/mol. The topological polar surface area (TPSA) is 120 Å². The molecule has 2 N–H and O–H groups in total. The zero-order valence-electron chi connectivity index (χ0n) is 19.8. The number of β-amino-alcohol motifs (C(OH)–C–C–N with tert-alkyl or cyclic N) is 1. The van der Waals surface area contributed by atoms with Gasteiger partial charge in [-0.1, -0.05) is 60.7 Å². The van der Waals surface area contributed by atoms with E-state index in [-0.39, 0.29) is 30.6 Å². The van der Waals surface area contributed by atoms with Crippen LogP contribution in [0.5, 0.6) is 0 Å². The van der Waals surface area contributed by atoms with Gasteiger partial charge >= 0.3 is 0 Å². The van der Waals surface area contributed by atoms with Crippen LogP contribution in [0.3, 0.4) is 0 Å². The van der Waals surface area contributed by atoms with Crippen LogP contribution in [0.4, 0.5) is 5.69 Å². The van der Waals surface area contributed by atoms with E-state index in [4.69, 9.17) is 0 Å². The van der Waals surface area contributed by atoms with Crippen molar-refractivity contribution >= 4 is 28.4 Å². The first-order valence-electron chi connectivity index (χ1n) is 12.1. The first-order valence-corrected chi connectivity index (χ1v) is 12.1. The van der Waals surface area contributed by atoms with Crippen LogP contribution < -0.4 is 0 Å². The molecule has 0 saturated carbocycles. The Hall–Kier alpha value is -4.50. The Morgan fingerprint density at radius 3 is 2.57 bits per heavy atom. The lowest BCUT2D eigenvalue weighted by molar-refractivity contribution is -0.384. The summed E-state index contributed by atoms with van der Waals surface area (Å²) in [5.41, 5.74) is 3.70. The molecule has 2 aliphatic rings. The summed E-state index contributed by atoms with van der Waals surface area (Å²) in [4.78, 5) is 44.9. The van der Waals surface area contributed by atoms with Gasteiger partial charge in [-0.3, -0.25) is 19.7 Å². The molecule has 3 atom stereocenters. The molecule has 1 aromatic heterocycles. The van der Waals surface area contributed by atoms with Crippen molar-refractivity contribution in [2.24, 2.45) is 0 Å². The van der Waals surface area contributed by atoms with Crippen molar-refractivity contribution in [3.05, 3.63) is 111 Å². The summed E-state index contributed by atoms with van der Waals surface area (Å²) >= 11 is 0. The van der Waals surface area contributed by atoms with Gasteiger partial charge in [0.05, 0.1) is 30.2 Å². The number of aromatic nitrogens is 1. The van der Waals surface area contributed by atoms with Crippen LogP contribution in [0.2, 0.25) is 0 Å². The number of rotatable bonds is 5. The van der Waals surface area contributed by atoms with Gasteiger partial charge < -0.3 is 19.9 Å². The van der Waals surface area contributed by atoms with Crippen LogP contribution >= 0.6 is 0 Å². The first kappa shape index (κ1) is 22.9. The van der Waals surface area contributed by atoms with E-state index in [0.29, 0.717) is 17.5 Å². The van der Waals surface area contributed by atoms with E-state index in [0.717, 1.165) is 22.2 Å². The number of non-ortho nitro benzene ring substituents is 1. The van der Waals surface area contributed by atoms with Crippen LogP contribution in [-0.4, -0.2) is 55.8 Å². The summed E-state index contributed by atoms with van der Waals surface area (Å²) < 4.78 is 0. The largest absolute Gasteiger partial charge is 0.387 e. The van der Waals surface area contributed by atoms with E-state index in [2.05, 4.69) is 4.98 Å². The average Bonchev–Trinajstić information content (AvgIpc) is 3.29. The average molecular weight is 497 g/mol. The molecule has 3 heterocycles. The quantitative estimate of drug-likeness (QED) is 0.324. The van der Waals surface area contributed by atoms with Gasteiger partial charge in [-0.15, -0.1) is 0 Å². The second-order valence-electron chi connectivity index (χ2n) is 9.48. The number of para-hydroxylation sites is 1. The molecule has 1 fully saturated rings. The molecule has 9 nitrogen and oxygen atoms in total. The molecule has 0 radical (unpaired) electrons. The van der Waals surface area contributed by atoms with Gasteiger partial charge in [0.15, 0.2) is 0 Å². The van der Waals surface area contributed by atoms with Gasteiger partial charge in [0.1, 0.15) is 6.04 Å². The van der Waals surface area contributed by atoms with E-state index in [1.165, 1.54) is 17.0 Å². The SMILES string of the molecule is O=C1[C@@H]2Cc3c([nH]c4ccccc34)[C@H](c3cccc([N+](=O)[O-])c3)N2C(=O)CN1C[C@@H](O)c1ccccc1. The van der Waals surface area contributed by atoms with Crippen molar-refractivity contribution in [3.8, 4) is 0 Å². The zero-order chi connectivity index (χ0) is 25.7. The van der Waals surface area contributed by atoms with E-state index in [9.17, 15) is 24.8 Å². The molecule has 0 bridgehead atoms. The number of aliphatic hydroxyl groups excluding tert-OH is 1. The van der Waals surface area contributed by atoms with E-state index in [1.807, 2.05) is 42.5 Å². The Morgan fingerprint density at radius 1 is 1.03 bits per heavy atom. The lowest BCUT2D eigenvalue weighted by Gasteiger charge is -2.47. The van der Waals surface area contributed by atoms with Gasteiger partial charge in [-0.05, 0) is 22.8 Å². The first-order chi connectivity index (χ1) is 17.9. The molecule has 0 aliphatic carbocycles. The molecule has 0 unspecified atom stereocenters. The van der Waals surface area contributed by atoms with Crippen LogP contribution in [0.25, 0.3) is 10.9 Å². The lowest BCUT2D eigenvalue weighted by Crippen LogP contribution is -2.63. The van der Waals surface area contributed by atoms with Crippen LogP contribution in [0.1, 0.15) is 34.5 Å². The Balaban J connectivity index is 1.43. The highest BCUT2D eigenvalue weighted by molar-refractivity contribution is 5.97. The fourth-order valence-corrected chi connectivity index (χ4v) is 5.62. The molecule has 2 aliphatic heterocycles. The van der Waals surface area contributed by atoms with Crippen LogP contribution in [0, 0.1) is 10.1 Å². The highest BCUT2D eigenvalue weighted by Gasteiger charge is 2.48. The summed E-state index contributed by atoms with van der Waals surface area (Å²) in [5, 5.41) is 23.2. The summed E-state index contributed by atoms with van der Waals surface area (Å²) in [7, 11) is 0. The Labute approximate surface area is 212 Å². The number of benzene rings is 3. The van der Waals surface area contributed by atoms with Crippen molar-refractivity contribution in [1.82, 2.24) is 14.8 Å². The Morgan fingerprint density at radius 2 is 1.78 bits per heavy atom. The monoisotopic (exact) mass is 496 g/mol. The standard InChI is InChI=1S/C28H24N4O5/c33-24(17-7-2-1-3-8-17)15-30-16-25(34)31-23(28(30)35)14-21-20-11-4-5-12-22(20)29-26(21)27(31)18-9-6-10-19(13-18)32(36)37/h1-13,23-24,27,29,33H,14-16H2/t23-,24+,27-/m0/s1. The molecule has 6 rings (SSSR count). The molecule has 37 heavy (non-hydrogen) atoms. The normalized spacial score (nSPS) is 20.0. The number of piperazine rings is 1. The second-order valence-corrected chi connectivity index (χ2v) is 9.48.